The van der Waals surface area contributed by atoms with Crippen molar-refractivity contribution in [2.75, 3.05) is 6.61 Å². The molecule has 1 fully saturated rings. The number of aromatic carboxylic acids is 1. The van der Waals surface area contributed by atoms with Gasteiger partial charge in [0, 0.05) is 6.61 Å². The van der Waals surface area contributed by atoms with Gasteiger partial charge in [-0.15, -0.1) is 0 Å². The highest BCUT2D eigenvalue weighted by Crippen LogP contribution is 2.31. The summed E-state index contributed by atoms with van der Waals surface area (Å²) in [7, 11) is 0. The van der Waals surface area contributed by atoms with Crippen molar-refractivity contribution >= 4 is 5.97 Å². The summed E-state index contributed by atoms with van der Waals surface area (Å²) >= 11 is 0. The van der Waals surface area contributed by atoms with Crippen molar-refractivity contribution in [1.29, 1.82) is 5.26 Å². The number of aromatic nitrogens is 2. The maximum Gasteiger partial charge on any atom is 0.356 e. The van der Waals surface area contributed by atoms with E-state index in [2.05, 4.69) is 11.2 Å². The summed E-state index contributed by atoms with van der Waals surface area (Å²) in [5.74, 6) is -1.09. The molecule has 0 amide bonds. The van der Waals surface area contributed by atoms with E-state index in [9.17, 15) is 10.1 Å². The highest BCUT2D eigenvalue weighted by atomic mass is 16.5. The summed E-state index contributed by atoms with van der Waals surface area (Å²) < 4.78 is 7.14. The largest absolute Gasteiger partial charge is 0.476 e. The molecule has 1 atom stereocenters. The number of benzene rings is 1. The minimum absolute atomic E-state index is 0.0479. The Morgan fingerprint density at radius 1 is 1.48 bits per heavy atom. The average Bonchev–Trinajstić information content (AvgIpc) is 3.16. The van der Waals surface area contributed by atoms with Crippen LogP contribution in [0.5, 0.6) is 0 Å². The third-order valence-electron chi connectivity index (χ3n) is 3.47. The maximum atomic E-state index is 11.2. The van der Waals surface area contributed by atoms with Crippen LogP contribution in [-0.2, 0) is 4.74 Å². The van der Waals surface area contributed by atoms with Crippen LogP contribution in [0.3, 0.4) is 0 Å². The van der Waals surface area contributed by atoms with E-state index in [-0.39, 0.29) is 11.8 Å². The molecule has 1 aliphatic heterocycles. The number of hydrogen-bond donors (Lipinski definition) is 1. The molecule has 2 heterocycles. The number of nitrogens with zero attached hydrogens (tertiary/aromatic N) is 3. The van der Waals surface area contributed by atoms with E-state index in [0.29, 0.717) is 23.6 Å². The average molecular weight is 283 g/mol. The van der Waals surface area contributed by atoms with Crippen LogP contribution in [0, 0.1) is 11.3 Å². The van der Waals surface area contributed by atoms with Gasteiger partial charge in [0.1, 0.15) is 6.07 Å². The van der Waals surface area contributed by atoms with Gasteiger partial charge in [-0.05, 0) is 31.0 Å². The van der Waals surface area contributed by atoms with Gasteiger partial charge < -0.3 is 9.84 Å². The van der Waals surface area contributed by atoms with Crippen LogP contribution in [0.25, 0.3) is 5.69 Å². The van der Waals surface area contributed by atoms with E-state index in [1.54, 1.807) is 24.3 Å². The van der Waals surface area contributed by atoms with Gasteiger partial charge in [-0.1, -0.05) is 12.1 Å². The van der Waals surface area contributed by atoms with E-state index in [0.717, 1.165) is 12.8 Å². The van der Waals surface area contributed by atoms with Crippen LogP contribution >= 0.6 is 0 Å². The highest BCUT2D eigenvalue weighted by molar-refractivity contribution is 5.85. The number of carboxylic acids is 1. The Bertz CT molecular complexity index is 724. The lowest BCUT2D eigenvalue weighted by molar-refractivity contribution is 0.0690. The number of rotatable bonds is 3. The number of carbonyl (C=O) groups is 1. The first kappa shape index (κ1) is 13.3. The van der Waals surface area contributed by atoms with Gasteiger partial charge in [-0.2, -0.15) is 10.4 Å². The first-order chi connectivity index (χ1) is 10.2. The van der Waals surface area contributed by atoms with E-state index >= 15 is 0 Å². The van der Waals surface area contributed by atoms with Crippen molar-refractivity contribution in [2.24, 2.45) is 0 Å². The fraction of sp³-hybridized carbons (Fsp3) is 0.267. The summed E-state index contributed by atoms with van der Waals surface area (Å²) in [5, 5.41) is 22.5. The van der Waals surface area contributed by atoms with Crippen LogP contribution in [-0.4, -0.2) is 27.5 Å². The summed E-state index contributed by atoms with van der Waals surface area (Å²) in [4.78, 5) is 11.2. The van der Waals surface area contributed by atoms with E-state index in [4.69, 9.17) is 9.84 Å². The summed E-state index contributed by atoms with van der Waals surface area (Å²) in [6.45, 7) is 0.651. The van der Waals surface area contributed by atoms with Gasteiger partial charge in [0.15, 0.2) is 5.69 Å². The molecule has 2 aromatic rings. The zero-order valence-corrected chi connectivity index (χ0v) is 11.2. The van der Waals surface area contributed by atoms with E-state index in [1.165, 1.54) is 10.7 Å². The fourth-order valence-electron chi connectivity index (χ4n) is 2.49. The molecule has 6 nitrogen and oxygen atoms in total. The topological polar surface area (TPSA) is 88.1 Å². The number of carboxylic acid groups (broad SMARTS) is 1. The minimum atomic E-state index is -1.09. The highest BCUT2D eigenvalue weighted by Gasteiger charge is 2.26. The Kier molecular flexibility index (Phi) is 3.42. The Morgan fingerprint density at radius 3 is 2.95 bits per heavy atom. The molecule has 1 unspecified atom stereocenters. The lowest BCUT2D eigenvalue weighted by atomic mass is 10.1. The monoisotopic (exact) mass is 283 g/mol. The zero-order valence-electron chi connectivity index (χ0n) is 11.2. The van der Waals surface area contributed by atoms with Crippen LogP contribution in [0.1, 0.15) is 40.7 Å². The minimum Gasteiger partial charge on any atom is -0.476 e. The summed E-state index contributed by atoms with van der Waals surface area (Å²) in [6.07, 6.45) is 1.56. The predicted octanol–water partition coefficient (Wildman–Crippen LogP) is 2.29. The molecule has 1 aliphatic rings. The quantitative estimate of drug-likeness (QED) is 0.933. The van der Waals surface area contributed by atoms with Crippen LogP contribution < -0.4 is 0 Å². The van der Waals surface area contributed by atoms with Gasteiger partial charge in [0.05, 0.1) is 23.0 Å². The first-order valence-corrected chi connectivity index (χ1v) is 6.65. The molecular weight excluding hydrogens is 270 g/mol. The molecule has 0 bridgehead atoms. The van der Waals surface area contributed by atoms with E-state index in [1.807, 2.05) is 0 Å². The normalized spacial score (nSPS) is 17.6. The molecule has 0 spiro atoms. The molecule has 1 N–H and O–H groups in total. The maximum absolute atomic E-state index is 11.2. The van der Waals surface area contributed by atoms with Crippen molar-refractivity contribution in [2.45, 2.75) is 18.9 Å². The third-order valence-corrected chi connectivity index (χ3v) is 3.47. The summed E-state index contributed by atoms with van der Waals surface area (Å²) in [6, 6.07) is 10.6. The number of ether oxygens (including phenoxy) is 1. The second kappa shape index (κ2) is 5.38. The van der Waals surface area contributed by atoms with Crippen molar-refractivity contribution in [3.05, 3.63) is 47.3 Å². The van der Waals surface area contributed by atoms with Crippen molar-refractivity contribution in [3.63, 3.8) is 0 Å². The molecule has 0 saturated carbocycles. The molecule has 1 aromatic carbocycles. The van der Waals surface area contributed by atoms with Crippen LogP contribution in [0.15, 0.2) is 30.3 Å². The Balaban J connectivity index is 2.16. The summed E-state index contributed by atoms with van der Waals surface area (Å²) in [5.41, 5.74) is 1.63. The van der Waals surface area contributed by atoms with Crippen LogP contribution in [0.4, 0.5) is 0 Å². The SMILES string of the molecule is N#Cc1ccccc1-n1nc(C(=O)O)cc1C1CCCO1. The van der Waals surface area contributed by atoms with E-state index < -0.39 is 5.97 Å². The molecule has 0 radical (unpaired) electrons. The van der Waals surface area contributed by atoms with Gasteiger partial charge in [-0.25, -0.2) is 9.48 Å². The van der Waals surface area contributed by atoms with Crippen molar-refractivity contribution < 1.29 is 14.6 Å². The molecule has 0 aliphatic carbocycles. The van der Waals surface area contributed by atoms with Crippen LogP contribution in [0.2, 0.25) is 0 Å². The zero-order chi connectivity index (χ0) is 14.8. The van der Waals surface area contributed by atoms with Crippen molar-refractivity contribution in [3.8, 4) is 11.8 Å². The molecule has 6 heteroatoms. The molecule has 1 saturated heterocycles. The second-order valence-electron chi connectivity index (χ2n) is 4.80. The molecular formula is C15H13N3O3. The number of nitriles is 1. The lowest BCUT2D eigenvalue weighted by Crippen LogP contribution is -2.08. The Morgan fingerprint density at radius 2 is 2.29 bits per heavy atom. The molecule has 1 aromatic heterocycles. The standard InChI is InChI=1S/C15H13N3O3/c16-9-10-4-1-2-5-12(10)18-13(14-6-3-7-21-14)8-11(17-18)15(19)20/h1-2,4-5,8,14H,3,6-7H2,(H,19,20). The molecule has 21 heavy (non-hydrogen) atoms. The fourth-order valence-corrected chi connectivity index (χ4v) is 2.49. The first-order valence-electron chi connectivity index (χ1n) is 6.65. The van der Waals surface area contributed by atoms with Crippen molar-refractivity contribution in [1.82, 2.24) is 9.78 Å². The second-order valence-corrected chi connectivity index (χ2v) is 4.80. The number of hydrogen-bond acceptors (Lipinski definition) is 4. The van der Waals surface area contributed by atoms with Gasteiger partial charge >= 0.3 is 5.97 Å². The Labute approximate surface area is 121 Å². The molecule has 3 rings (SSSR count). The van der Waals surface area contributed by atoms with Gasteiger partial charge in [-0.3, -0.25) is 0 Å². The predicted molar refractivity (Wildman–Crippen MR) is 73.2 cm³/mol. The Hall–Kier alpha value is -2.65. The lowest BCUT2D eigenvalue weighted by Gasteiger charge is -2.13. The van der Waals surface area contributed by atoms with Gasteiger partial charge in [0.2, 0.25) is 0 Å². The third kappa shape index (κ3) is 2.39. The molecule has 106 valence electrons. The smallest absolute Gasteiger partial charge is 0.356 e. The van der Waals surface area contributed by atoms with Gasteiger partial charge in [0.25, 0.3) is 0 Å². The number of para-hydroxylation sites is 1.